The lowest BCUT2D eigenvalue weighted by Gasteiger charge is -2.02. The molecule has 0 heterocycles. The lowest BCUT2D eigenvalue weighted by atomic mass is 9.89. The van der Waals surface area contributed by atoms with E-state index in [1.165, 1.54) is 6.08 Å². The first-order valence-corrected chi connectivity index (χ1v) is 5.99. The van der Waals surface area contributed by atoms with Gasteiger partial charge in [0.15, 0.2) is 0 Å². The predicted molar refractivity (Wildman–Crippen MR) is 89.1 cm³/mol. The van der Waals surface area contributed by atoms with Gasteiger partial charge in [-0.15, -0.1) is 0 Å². The Labute approximate surface area is 122 Å². The van der Waals surface area contributed by atoms with E-state index in [-0.39, 0.29) is 5.47 Å². The maximum absolute atomic E-state index is 12.2. The van der Waals surface area contributed by atoms with E-state index in [9.17, 15) is 4.39 Å². The number of rotatable bonds is 8. The first-order valence-electron chi connectivity index (χ1n) is 5.99. The summed E-state index contributed by atoms with van der Waals surface area (Å²) in [5, 5.41) is 0. The van der Waals surface area contributed by atoms with Crippen molar-refractivity contribution in [2.24, 2.45) is 0 Å². The highest BCUT2D eigenvalue weighted by molar-refractivity contribution is 6.24. The Balaban J connectivity index is 5.66. The van der Waals surface area contributed by atoms with Gasteiger partial charge in [0.25, 0.3) is 0 Å². The van der Waals surface area contributed by atoms with E-state index in [1.54, 1.807) is 36.5 Å². The van der Waals surface area contributed by atoms with Crippen LogP contribution in [0.5, 0.6) is 0 Å². The first kappa shape index (κ1) is 17.7. The maximum atomic E-state index is 12.2. The molecule has 0 spiro atoms. The number of hydrogen-bond acceptors (Lipinski definition) is 0. The van der Waals surface area contributed by atoms with Gasteiger partial charge in [0.05, 0.1) is 6.33 Å². The van der Waals surface area contributed by atoms with E-state index in [4.69, 9.17) is 7.85 Å². The van der Waals surface area contributed by atoms with Gasteiger partial charge in [-0.2, -0.15) is 0 Å². The zero-order valence-electron chi connectivity index (χ0n) is 11.6. The molecule has 0 aliphatic heterocycles. The highest BCUT2D eigenvalue weighted by Gasteiger charge is 1.95. The molecule has 100 valence electrons. The molecule has 0 aliphatic rings. The summed E-state index contributed by atoms with van der Waals surface area (Å²) in [6.07, 6.45) is 15.5. The van der Waals surface area contributed by atoms with Crippen LogP contribution in [0.2, 0.25) is 0 Å². The molecule has 2 radical (unpaired) electrons. The fraction of sp³-hybridized carbons (Fsp3) is 0. The van der Waals surface area contributed by atoms with Gasteiger partial charge >= 0.3 is 0 Å². The SMILES string of the molecule is [B]C(/C=C/F)=C(C=C)/C=C(C=C)\C=C(C=C)/C=C\C=C. The third kappa shape index (κ3) is 6.55. The zero-order chi connectivity index (χ0) is 15.4. The highest BCUT2D eigenvalue weighted by atomic mass is 19.1. The fourth-order valence-corrected chi connectivity index (χ4v) is 1.31. The molecule has 0 unspecified atom stereocenters. The number of halogens is 1. The first-order chi connectivity index (χ1) is 9.62. The molecule has 0 aromatic rings. The molecule has 0 saturated carbocycles. The third-order valence-corrected chi connectivity index (χ3v) is 2.35. The standard InChI is InChI=1S/C18H18BF/c1-5-9-10-15(6-2)13-16(7-3)14-17(8-4)18(19)11-12-20/h5-14H,1-4H2/b10-9-,12-11+,15-13-,16-14-,18-17+. The normalized spacial score (nSPS) is 14.2. The average molecular weight is 264 g/mol. The molecular weight excluding hydrogens is 246 g/mol. The topological polar surface area (TPSA) is 0 Å². The zero-order valence-corrected chi connectivity index (χ0v) is 11.6. The molecule has 0 aliphatic carbocycles. The predicted octanol–water partition coefficient (Wildman–Crippen LogP) is 5.05. The van der Waals surface area contributed by atoms with Gasteiger partial charge in [-0.3, -0.25) is 0 Å². The summed E-state index contributed by atoms with van der Waals surface area (Å²) < 4.78 is 12.2. The molecule has 0 fully saturated rings. The molecule has 20 heavy (non-hydrogen) atoms. The van der Waals surface area contributed by atoms with Gasteiger partial charge in [-0.05, 0) is 34.9 Å². The summed E-state index contributed by atoms with van der Waals surface area (Å²) in [6.45, 7) is 14.7. The van der Waals surface area contributed by atoms with Crippen molar-refractivity contribution in [1.82, 2.24) is 0 Å². The average Bonchev–Trinajstić information content (AvgIpc) is 2.46. The molecule has 0 bridgehead atoms. The molecule has 0 rings (SSSR count). The molecule has 2 heteroatoms. The van der Waals surface area contributed by atoms with Gasteiger partial charge in [0.2, 0.25) is 0 Å². The van der Waals surface area contributed by atoms with Gasteiger partial charge in [-0.25, -0.2) is 4.39 Å². The van der Waals surface area contributed by atoms with Crippen LogP contribution in [0.25, 0.3) is 0 Å². The quantitative estimate of drug-likeness (QED) is 0.425. The molecule has 0 aromatic heterocycles. The van der Waals surface area contributed by atoms with Crippen LogP contribution < -0.4 is 0 Å². The van der Waals surface area contributed by atoms with Crippen LogP contribution in [0.3, 0.4) is 0 Å². The fourth-order valence-electron chi connectivity index (χ4n) is 1.31. The summed E-state index contributed by atoms with van der Waals surface area (Å²) in [5.41, 5.74) is 2.59. The van der Waals surface area contributed by atoms with Crippen LogP contribution in [-0.2, 0) is 0 Å². The molecule has 0 aromatic carbocycles. The monoisotopic (exact) mass is 264 g/mol. The van der Waals surface area contributed by atoms with Gasteiger partial charge < -0.3 is 0 Å². The Bertz CT molecular complexity index is 526. The molecular formula is C18H18BF. The minimum absolute atomic E-state index is 0.289. The van der Waals surface area contributed by atoms with Gasteiger partial charge in [0.1, 0.15) is 7.85 Å². The Morgan fingerprint density at radius 3 is 1.95 bits per heavy atom. The van der Waals surface area contributed by atoms with Gasteiger partial charge in [0, 0.05) is 0 Å². The Hall–Kier alpha value is -2.35. The van der Waals surface area contributed by atoms with Crippen molar-refractivity contribution in [3.8, 4) is 0 Å². The summed E-state index contributed by atoms with van der Waals surface area (Å²) in [7, 11) is 5.72. The van der Waals surface area contributed by atoms with Crippen LogP contribution in [0.1, 0.15) is 0 Å². The Morgan fingerprint density at radius 1 is 0.850 bits per heavy atom. The van der Waals surface area contributed by atoms with Crippen molar-refractivity contribution >= 4 is 7.85 Å². The van der Waals surface area contributed by atoms with Crippen molar-refractivity contribution in [1.29, 1.82) is 0 Å². The van der Waals surface area contributed by atoms with E-state index in [0.29, 0.717) is 11.9 Å². The summed E-state index contributed by atoms with van der Waals surface area (Å²) in [5.74, 6) is 0. The van der Waals surface area contributed by atoms with E-state index < -0.39 is 0 Å². The maximum Gasteiger partial charge on any atom is 0.114 e. The van der Waals surface area contributed by atoms with Crippen LogP contribution in [0.4, 0.5) is 4.39 Å². The Morgan fingerprint density at radius 2 is 1.50 bits per heavy atom. The van der Waals surface area contributed by atoms with Crippen LogP contribution >= 0.6 is 0 Å². The van der Waals surface area contributed by atoms with Crippen LogP contribution in [-0.4, -0.2) is 7.85 Å². The minimum Gasteiger partial charge on any atom is -0.216 e. The molecule has 0 atom stereocenters. The van der Waals surface area contributed by atoms with Crippen molar-refractivity contribution < 1.29 is 4.39 Å². The number of allylic oxidation sites excluding steroid dienone is 13. The third-order valence-electron chi connectivity index (χ3n) is 2.35. The molecule has 0 N–H and O–H groups in total. The summed E-state index contributed by atoms with van der Waals surface area (Å²) >= 11 is 0. The second-order valence-corrected chi connectivity index (χ2v) is 3.70. The lowest BCUT2D eigenvalue weighted by Crippen LogP contribution is -1.85. The second kappa shape index (κ2) is 10.6. The largest absolute Gasteiger partial charge is 0.216 e. The molecule has 0 saturated heterocycles. The van der Waals surface area contributed by atoms with E-state index in [2.05, 4.69) is 26.3 Å². The second-order valence-electron chi connectivity index (χ2n) is 3.70. The van der Waals surface area contributed by atoms with Crippen molar-refractivity contribution in [2.75, 3.05) is 0 Å². The highest BCUT2D eigenvalue weighted by Crippen LogP contribution is 2.13. The minimum atomic E-state index is 0.289. The van der Waals surface area contributed by atoms with Crippen molar-refractivity contribution in [3.05, 3.63) is 110 Å². The Kier molecular flexibility index (Phi) is 9.33. The lowest BCUT2D eigenvalue weighted by molar-refractivity contribution is 0.721. The van der Waals surface area contributed by atoms with Crippen molar-refractivity contribution in [2.45, 2.75) is 0 Å². The van der Waals surface area contributed by atoms with Crippen LogP contribution in [0.15, 0.2) is 110 Å². The summed E-state index contributed by atoms with van der Waals surface area (Å²) in [4.78, 5) is 0. The van der Waals surface area contributed by atoms with Crippen molar-refractivity contribution in [3.63, 3.8) is 0 Å². The van der Waals surface area contributed by atoms with E-state index in [0.717, 1.165) is 11.1 Å². The van der Waals surface area contributed by atoms with Crippen LogP contribution in [0, 0.1) is 0 Å². The molecule has 0 nitrogen and oxygen atoms in total. The van der Waals surface area contributed by atoms with Gasteiger partial charge in [-0.1, -0.05) is 68.2 Å². The van der Waals surface area contributed by atoms with E-state index in [1.807, 2.05) is 12.2 Å². The molecule has 0 amide bonds. The van der Waals surface area contributed by atoms with E-state index >= 15 is 0 Å². The smallest absolute Gasteiger partial charge is 0.114 e. The summed E-state index contributed by atoms with van der Waals surface area (Å²) in [6, 6.07) is 0. The number of hydrogen-bond donors (Lipinski definition) is 0.